The Morgan fingerprint density at radius 2 is 2.00 bits per heavy atom. The molecule has 9 heteroatoms. The summed E-state index contributed by atoms with van der Waals surface area (Å²) < 4.78 is 12.4. The largest absolute Gasteiger partial charge is 0.465 e. The van der Waals surface area contributed by atoms with Gasteiger partial charge in [0.05, 0.1) is 23.4 Å². The number of carbonyl (C=O) groups excluding carboxylic acids is 1. The molecule has 4 aromatic rings. The lowest BCUT2D eigenvalue weighted by Gasteiger charge is -2.01. The number of rotatable bonds is 5. The van der Waals surface area contributed by atoms with Gasteiger partial charge in [-0.25, -0.2) is 9.78 Å². The fourth-order valence-electron chi connectivity index (χ4n) is 2.76. The number of fused-ring (bicyclic) bond motifs is 1. The molecule has 142 valence electrons. The first-order valence-corrected chi connectivity index (χ1v) is 9.69. The number of carbonyl (C=O) groups is 1. The Morgan fingerprint density at radius 1 is 1.21 bits per heavy atom. The summed E-state index contributed by atoms with van der Waals surface area (Å²) in [4.78, 5) is 16.0. The van der Waals surface area contributed by atoms with Gasteiger partial charge in [0.1, 0.15) is 11.3 Å². The Hall–Kier alpha value is -2.84. The Balaban J connectivity index is 1.52. The second kappa shape index (κ2) is 7.65. The molecule has 0 spiro atoms. The molecule has 3 heterocycles. The van der Waals surface area contributed by atoms with Crippen LogP contribution in [0.2, 0.25) is 5.02 Å². The first-order valence-electron chi connectivity index (χ1n) is 8.33. The van der Waals surface area contributed by atoms with E-state index in [1.165, 1.54) is 18.9 Å². The third kappa shape index (κ3) is 3.61. The Morgan fingerprint density at radius 3 is 2.75 bits per heavy atom. The average molecular weight is 415 g/mol. The van der Waals surface area contributed by atoms with Crippen LogP contribution in [-0.4, -0.2) is 32.7 Å². The lowest BCUT2D eigenvalue weighted by atomic mass is 10.1. The smallest absolute Gasteiger partial charge is 0.337 e. The number of pyridine rings is 1. The van der Waals surface area contributed by atoms with Crippen molar-refractivity contribution in [3.8, 4) is 11.6 Å². The monoisotopic (exact) mass is 414 g/mol. The number of benzene rings is 1. The second-order valence-electron chi connectivity index (χ2n) is 5.97. The minimum Gasteiger partial charge on any atom is -0.465 e. The molecular formula is C19H15ClN4O3S. The van der Waals surface area contributed by atoms with Crippen molar-refractivity contribution in [1.29, 1.82) is 0 Å². The van der Waals surface area contributed by atoms with E-state index in [0.29, 0.717) is 27.5 Å². The van der Waals surface area contributed by atoms with Gasteiger partial charge in [0, 0.05) is 11.9 Å². The molecule has 0 aliphatic heterocycles. The van der Waals surface area contributed by atoms with Gasteiger partial charge in [-0.05, 0) is 36.8 Å². The van der Waals surface area contributed by atoms with Crippen molar-refractivity contribution in [2.75, 3.05) is 7.11 Å². The van der Waals surface area contributed by atoms with Crippen LogP contribution in [0.3, 0.4) is 0 Å². The van der Waals surface area contributed by atoms with Crippen molar-refractivity contribution in [3.05, 3.63) is 64.4 Å². The molecule has 28 heavy (non-hydrogen) atoms. The maximum atomic E-state index is 11.5. The van der Waals surface area contributed by atoms with Crippen LogP contribution in [-0.2, 0) is 10.5 Å². The molecule has 0 aliphatic carbocycles. The minimum atomic E-state index is -0.357. The van der Waals surface area contributed by atoms with Crippen LogP contribution in [0.1, 0.15) is 21.6 Å². The van der Waals surface area contributed by atoms with Crippen LogP contribution in [0.5, 0.6) is 0 Å². The lowest BCUT2D eigenvalue weighted by Crippen LogP contribution is -2.00. The minimum absolute atomic E-state index is 0.357. The maximum Gasteiger partial charge on any atom is 0.337 e. The Bertz CT molecular complexity index is 1150. The van der Waals surface area contributed by atoms with Gasteiger partial charge in [0.2, 0.25) is 0 Å². The molecule has 7 nitrogen and oxygen atoms in total. The Labute approximate surface area is 169 Å². The van der Waals surface area contributed by atoms with Crippen molar-refractivity contribution in [2.24, 2.45) is 0 Å². The van der Waals surface area contributed by atoms with Crippen LogP contribution in [0, 0.1) is 6.92 Å². The van der Waals surface area contributed by atoms with E-state index in [9.17, 15) is 4.79 Å². The number of ether oxygens (including phenoxy) is 1. The molecule has 0 saturated heterocycles. The predicted octanol–water partition coefficient (Wildman–Crippen LogP) is 4.43. The van der Waals surface area contributed by atoms with E-state index in [4.69, 9.17) is 20.8 Å². The molecule has 0 radical (unpaired) electrons. The van der Waals surface area contributed by atoms with Gasteiger partial charge in [-0.15, -0.1) is 10.2 Å². The molecule has 0 N–H and O–H groups in total. The van der Waals surface area contributed by atoms with Crippen molar-refractivity contribution in [2.45, 2.75) is 17.9 Å². The summed E-state index contributed by atoms with van der Waals surface area (Å²) in [6, 6.07) is 10.8. The normalized spacial score (nSPS) is 11.1. The Kier molecular flexibility index (Phi) is 5.06. The van der Waals surface area contributed by atoms with Gasteiger partial charge in [0.25, 0.3) is 11.1 Å². The number of methoxy groups -OCH3 is 1. The fraction of sp³-hybridized carbons (Fsp3) is 0.158. The summed E-state index contributed by atoms with van der Waals surface area (Å²) in [5, 5.41) is 9.31. The zero-order valence-electron chi connectivity index (χ0n) is 15.0. The van der Waals surface area contributed by atoms with Crippen LogP contribution in [0.15, 0.2) is 52.2 Å². The zero-order chi connectivity index (χ0) is 19.7. The molecule has 0 saturated carbocycles. The van der Waals surface area contributed by atoms with Crippen LogP contribution in [0.4, 0.5) is 0 Å². The number of aryl methyl sites for hydroxylation is 1. The van der Waals surface area contributed by atoms with Gasteiger partial charge >= 0.3 is 5.97 Å². The summed E-state index contributed by atoms with van der Waals surface area (Å²) >= 11 is 7.52. The standard InChI is InChI=1S/C19H15ClN4O3S/c1-11-16(24-9-14(20)7-8-15(24)21-11)17-22-23-19(27-17)28-10-12-3-5-13(6-4-12)18(25)26-2/h3-9H,10H2,1-2H3. The van der Waals surface area contributed by atoms with Crippen molar-refractivity contribution in [1.82, 2.24) is 19.6 Å². The van der Waals surface area contributed by atoms with E-state index >= 15 is 0 Å². The van der Waals surface area contributed by atoms with Gasteiger partial charge in [-0.3, -0.25) is 4.40 Å². The summed E-state index contributed by atoms with van der Waals surface area (Å²) in [6.45, 7) is 1.89. The first-order chi connectivity index (χ1) is 13.5. The highest BCUT2D eigenvalue weighted by Crippen LogP contribution is 2.29. The fourth-order valence-corrected chi connectivity index (χ4v) is 3.64. The number of hydrogen-bond acceptors (Lipinski definition) is 7. The third-order valence-electron chi connectivity index (χ3n) is 4.10. The quantitative estimate of drug-likeness (QED) is 0.353. The molecule has 1 aromatic carbocycles. The second-order valence-corrected chi connectivity index (χ2v) is 7.33. The van der Waals surface area contributed by atoms with Crippen LogP contribution >= 0.6 is 23.4 Å². The molecular weight excluding hydrogens is 400 g/mol. The van der Waals surface area contributed by atoms with Crippen LogP contribution in [0.25, 0.3) is 17.2 Å². The number of hydrogen-bond donors (Lipinski definition) is 0. The van der Waals surface area contributed by atoms with E-state index in [-0.39, 0.29) is 5.97 Å². The molecule has 0 unspecified atom stereocenters. The highest BCUT2D eigenvalue weighted by Gasteiger charge is 2.18. The van der Waals surface area contributed by atoms with E-state index in [2.05, 4.69) is 15.2 Å². The number of esters is 1. The van der Waals surface area contributed by atoms with Crippen molar-refractivity contribution < 1.29 is 13.9 Å². The van der Waals surface area contributed by atoms with Gasteiger partial charge in [-0.1, -0.05) is 35.5 Å². The molecule has 0 aliphatic rings. The van der Waals surface area contributed by atoms with Gasteiger partial charge in [-0.2, -0.15) is 0 Å². The van der Waals surface area contributed by atoms with E-state index in [0.717, 1.165) is 22.6 Å². The summed E-state index contributed by atoms with van der Waals surface area (Å²) in [6.07, 6.45) is 1.77. The topological polar surface area (TPSA) is 82.5 Å². The zero-order valence-corrected chi connectivity index (χ0v) is 16.6. The van der Waals surface area contributed by atoms with Crippen LogP contribution < -0.4 is 0 Å². The lowest BCUT2D eigenvalue weighted by molar-refractivity contribution is 0.0600. The number of halogens is 1. The molecule has 0 amide bonds. The average Bonchev–Trinajstić information content (AvgIpc) is 3.29. The predicted molar refractivity (Wildman–Crippen MR) is 106 cm³/mol. The first kappa shape index (κ1) is 18.5. The summed E-state index contributed by atoms with van der Waals surface area (Å²) in [5.74, 6) is 0.654. The number of nitrogens with zero attached hydrogens (tertiary/aromatic N) is 4. The van der Waals surface area contributed by atoms with E-state index in [1.54, 1.807) is 24.4 Å². The number of aromatic nitrogens is 4. The maximum absolute atomic E-state index is 11.5. The summed E-state index contributed by atoms with van der Waals surface area (Å²) in [5.41, 5.74) is 3.79. The van der Waals surface area contributed by atoms with Gasteiger partial charge in [0.15, 0.2) is 0 Å². The number of thioether (sulfide) groups is 1. The summed E-state index contributed by atoms with van der Waals surface area (Å²) in [7, 11) is 1.36. The molecule has 0 bridgehead atoms. The number of imidazole rings is 1. The highest BCUT2D eigenvalue weighted by molar-refractivity contribution is 7.98. The SMILES string of the molecule is COC(=O)c1ccc(CSc2nnc(-c3c(C)nc4ccc(Cl)cn34)o2)cc1. The molecule has 4 rings (SSSR count). The van der Waals surface area contributed by atoms with Gasteiger partial charge < -0.3 is 9.15 Å². The molecule has 0 fully saturated rings. The van der Waals surface area contributed by atoms with Crippen molar-refractivity contribution >= 4 is 35.0 Å². The molecule has 0 atom stereocenters. The van der Waals surface area contributed by atoms with Crippen molar-refractivity contribution in [3.63, 3.8) is 0 Å². The molecule has 3 aromatic heterocycles. The highest BCUT2D eigenvalue weighted by atomic mass is 35.5. The third-order valence-corrected chi connectivity index (χ3v) is 5.22. The van der Waals surface area contributed by atoms with E-state index < -0.39 is 0 Å². The van der Waals surface area contributed by atoms with E-state index in [1.807, 2.05) is 29.5 Å².